The quantitative estimate of drug-likeness (QED) is 0.820. The van der Waals surface area contributed by atoms with Gasteiger partial charge in [0.25, 0.3) is 5.91 Å². The molecule has 118 valence electrons. The number of carbonyl (C=O) groups excluding carboxylic acids is 1. The van der Waals surface area contributed by atoms with Crippen LogP contribution in [0.15, 0.2) is 47.1 Å². The van der Waals surface area contributed by atoms with Crippen LogP contribution >= 0.6 is 15.9 Å². The van der Waals surface area contributed by atoms with Crippen LogP contribution in [0.2, 0.25) is 0 Å². The topological polar surface area (TPSA) is 51.3 Å². The maximum absolute atomic E-state index is 12.9. The van der Waals surface area contributed by atoms with E-state index in [0.717, 1.165) is 23.0 Å². The van der Waals surface area contributed by atoms with E-state index >= 15 is 0 Å². The Labute approximate surface area is 140 Å². The second-order valence-electron chi connectivity index (χ2n) is 5.18. The zero-order valence-electron chi connectivity index (χ0n) is 12.8. The van der Waals surface area contributed by atoms with Crippen LogP contribution in [0.5, 0.6) is 0 Å². The van der Waals surface area contributed by atoms with E-state index < -0.39 is 0 Å². The number of nitrogens with two attached hydrogens (primary N) is 1. The van der Waals surface area contributed by atoms with Crippen molar-refractivity contribution < 1.29 is 4.79 Å². The van der Waals surface area contributed by atoms with Crippen molar-refractivity contribution in [2.75, 3.05) is 13.1 Å². The monoisotopic (exact) mass is 363 g/mol. The molecule has 0 saturated carbocycles. The van der Waals surface area contributed by atoms with Gasteiger partial charge in [0.2, 0.25) is 0 Å². The average Bonchev–Trinajstić information content (AvgIpc) is 2.92. The maximum atomic E-state index is 12.9. The Balaban J connectivity index is 2.22. The first-order valence-corrected chi connectivity index (χ1v) is 8.34. The first kappa shape index (κ1) is 16.8. The lowest BCUT2D eigenvalue weighted by atomic mass is 10.2. The molecule has 0 aliphatic carbocycles. The molecule has 1 aromatic heterocycles. The van der Waals surface area contributed by atoms with E-state index in [4.69, 9.17) is 5.73 Å². The molecule has 0 atom stereocenters. The van der Waals surface area contributed by atoms with Crippen molar-refractivity contribution in [3.05, 3.63) is 58.3 Å². The minimum absolute atomic E-state index is 0.0462. The van der Waals surface area contributed by atoms with Crippen molar-refractivity contribution in [3.8, 4) is 0 Å². The maximum Gasteiger partial charge on any atom is 0.270 e. The van der Waals surface area contributed by atoms with Gasteiger partial charge in [-0.2, -0.15) is 0 Å². The van der Waals surface area contributed by atoms with Crippen LogP contribution in [0.3, 0.4) is 0 Å². The second kappa shape index (κ2) is 8.15. The molecular weight excluding hydrogens is 342 g/mol. The molecule has 2 aromatic rings. The zero-order valence-corrected chi connectivity index (χ0v) is 14.4. The third kappa shape index (κ3) is 4.21. The molecule has 1 amide bonds. The summed E-state index contributed by atoms with van der Waals surface area (Å²) in [7, 11) is 0. The molecule has 1 heterocycles. The van der Waals surface area contributed by atoms with Gasteiger partial charge in [0.15, 0.2) is 0 Å². The Morgan fingerprint density at radius 1 is 1.32 bits per heavy atom. The molecule has 0 spiro atoms. The van der Waals surface area contributed by atoms with E-state index in [1.807, 2.05) is 59.0 Å². The predicted molar refractivity (Wildman–Crippen MR) is 92.7 cm³/mol. The molecule has 1 aromatic carbocycles. The van der Waals surface area contributed by atoms with Gasteiger partial charge in [-0.1, -0.05) is 30.3 Å². The highest BCUT2D eigenvalue weighted by Crippen LogP contribution is 2.18. The van der Waals surface area contributed by atoms with Gasteiger partial charge in [-0.15, -0.1) is 0 Å². The number of carbonyl (C=O) groups is 1. The van der Waals surface area contributed by atoms with Crippen LogP contribution in [-0.4, -0.2) is 28.5 Å². The third-order valence-corrected chi connectivity index (χ3v) is 3.99. The van der Waals surface area contributed by atoms with Crippen LogP contribution in [0, 0.1) is 0 Å². The van der Waals surface area contributed by atoms with Crippen LogP contribution in [0.1, 0.15) is 29.4 Å². The molecular formula is C17H22BrN3O. The van der Waals surface area contributed by atoms with E-state index in [1.54, 1.807) is 0 Å². The lowest BCUT2D eigenvalue weighted by molar-refractivity contribution is 0.0731. The Morgan fingerprint density at radius 3 is 2.68 bits per heavy atom. The second-order valence-corrected chi connectivity index (χ2v) is 6.10. The molecule has 0 radical (unpaired) electrons. The van der Waals surface area contributed by atoms with Crippen molar-refractivity contribution in [2.45, 2.75) is 26.4 Å². The Morgan fingerprint density at radius 2 is 2.05 bits per heavy atom. The molecule has 0 aliphatic rings. The number of nitrogens with zero attached hydrogens (tertiary/aromatic N) is 2. The zero-order chi connectivity index (χ0) is 15.9. The largest absolute Gasteiger partial charge is 0.343 e. The first-order valence-electron chi connectivity index (χ1n) is 7.54. The van der Waals surface area contributed by atoms with Crippen molar-refractivity contribution >= 4 is 21.8 Å². The number of rotatable bonds is 7. The summed E-state index contributed by atoms with van der Waals surface area (Å²) in [5.74, 6) is 0.0462. The van der Waals surface area contributed by atoms with E-state index in [2.05, 4.69) is 15.9 Å². The van der Waals surface area contributed by atoms with Gasteiger partial charge >= 0.3 is 0 Å². The molecule has 0 saturated heterocycles. The van der Waals surface area contributed by atoms with Gasteiger partial charge in [-0.3, -0.25) is 4.79 Å². The highest BCUT2D eigenvalue weighted by atomic mass is 79.9. The number of amides is 1. The number of benzene rings is 1. The molecule has 2 rings (SSSR count). The van der Waals surface area contributed by atoms with Crippen molar-refractivity contribution in [1.29, 1.82) is 0 Å². The number of hydrogen-bond donors (Lipinski definition) is 1. The normalized spacial score (nSPS) is 10.7. The van der Waals surface area contributed by atoms with E-state index in [0.29, 0.717) is 25.3 Å². The molecule has 22 heavy (non-hydrogen) atoms. The minimum Gasteiger partial charge on any atom is -0.343 e. The Bertz CT molecular complexity index is 610. The summed E-state index contributed by atoms with van der Waals surface area (Å²) in [6, 6.07) is 11.9. The van der Waals surface area contributed by atoms with E-state index in [1.165, 1.54) is 0 Å². The molecule has 5 heteroatoms. The van der Waals surface area contributed by atoms with Gasteiger partial charge in [-0.05, 0) is 47.4 Å². The Kier molecular flexibility index (Phi) is 6.21. The highest BCUT2D eigenvalue weighted by Gasteiger charge is 2.19. The number of hydrogen-bond acceptors (Lipinski definition) is 2. The molecule has 2 N–H and O–H groups in total. The first-order chi connectivity index (χ1) is 10.7. The van der Waals surface area contributed by atoms with Gasteiger partial charge in [0.05, 0.1) is 0 Å². The number of aromatic nitrogens is 1. The predicted octanol–water partition coefficient (Wildman–Crippen LogP) is 3.26. The summed E-state index contributed by atoms with van der Waals surface area (Å²) in [5.41, 5.74) is 7.46. The van der Waals surface area contributed by atoms with Crippen molar-refractivity contribution in [2.24, 2.45) is 5.73 Å². The summed E-state index contributed by atoms with van der Waals surface area (Å²) < 4.78 is 2.89. The molecule has 0 aliphatic heterocycles. The van der Waals surface area contributed by atoms with Gasteiger partial charge in [0.1, 0.15) is 5.69 Å². The summed E-state index contributed by atoms with van der Waals surface area (Å²) in [6.45, 7) is 4.65. The molecule has 0 bridgehead atoms. The van der Waals surface area contributed by atoms with Gasteiger partial charge < -0.3 is 15.2 Å². The lowest BCUT2D eigenvalue weighted by Crippen LogP contribution is -2.33. The van der Waals surface area contributed by atoms with Crippen LogP contribution < -0.4 is 5.73 Å². The van der Waals surface area contributed by atoms with E-state index in [-0.39, 0.29) is 5.91 Å². The fraction of sp³-hybridized carbons (Fsp3) is 0.353. The average molecular weight is 364 g/mol. The fourth-order valence-corrected chi connectivity index (χ4v) is 2.88. The number of halogens is 1. The fourth-order valence-electron chi connectivity index (χ4n) is 2.42. The standard InChI is InChI=1S/C17H22BrN3O/c1-2-20-13-15(18)11-16(20)17(22)21(10-6-9-19)12-14-7-4-3-5-8-14/h3-5,7-8,11,13H,2,6,9-10,12,19H2,1H3. The lowest BCUT2D eigenvalue weighted by Gasteiger charge is -2.23. The molecule has 0 fully saturated rings. The smallest absolute Gasteiger partial charge is 0.270 e. The summed E-state index contributed by atoms with van der Waals surface area (Å²) >= 11 is 3.45. The van der Waals surface area contributed by atoms with Gasteiger partial charge in [0, 0.05) is 30.3 Å². The van der Waals surface area contributed by atoms with Crippen LogP contribution in [-0.2, 0) is 13.1 Å². The third-order valence-electron chi connectivity index (χ3n) is 3.56. The van der Waals surface area contributed by atoms with Gasteiger partial charge in [-0.25, -0.2) is 0 Å². The van der Waals surface area contributed by atoms with Crippen LogP contribution in [0.25, 0.3) is 0 Å². The minimum atomic E-state index is 0.0462. The summed E-state index contributed by atoms with van der Waals surface area (Å²) in [6.07, 6.45) is 2.74. The molecule has 4 nitrogen and oxygen atoms in total. The van der Waals surface area contributed by atoms with Crippen LogP contribution in [0.4, 0.5) is 0 Å². The van der Waals surface area contributed by atoms with Crippen molar-refractivity contribution in [3.63, 3.8) is 0 Å². The summed E-state index contributed by atoms with van der Waals surface area (Å²) in [5, 5.41) is 0. The molecule has 0 unspecified atom stereocenters. The van der Waals surface area contributed by atoms with Crippen molar-refractivity contribution in [1.82, 2.24) is 9.47 Å². The summed E-state index contributed by atoms with van der Waals surface area (Å²) in [4.78, 5) is 14.8. The SMILES string of the molecule is CCn1cc(Br)cc1C(=O)N(CCCN)Cc1ccccc1. The highest BCUT2D eigenvalue weighted by molar-refractivity contribution is 9.10. The van der Waals surface area contributed by atoms with E-state index in [9.17, 15) is 4.79 Å². The number of aryl methyl sites for hydroxylation is 1. The Hall–Kier alpha value is -1.59.